The number of H-pyrrole nitrogens is 1. The largest absolute Gasteiger partial charge is 0.368 e. The molecule has 1 N–H and O–H groups in total. The minimum absolute atomic E-state index is 0.809. The highest BCUT2D eigenvalue weighted by atomic mass is 15.3. The molecule has 0 radical (unpaired) electrons. The van der Waals surface area contributed by atoms with E-state index in [0.717, 1.165) is 84.3 Å². The Hall–Kier alpha value is -3.36. The van der Waals surface area contributed by atoms with E-state index in [1.54, 1.807) is 0 Å². The Morgan fingerprint density at radius 2 is 1.82 bits per heavy atom. The SMILES string of the molecule is Cc1cccc(-c2n[nH]cc2-c2ccc3ncc(N4CCN(CCN(C)C)CC4)cc3n2)n1. The fraction of sp³-hybridized carbons (Fsp3) is 0.360. The van der Waals surface area contributed by atoms with Crippen LogP contribution in [0, 0.1) is 6.92 Å². The molecule has 1 aliphatic rings. The number of hydrogen-bond donors (Lipinski definition) is 1. The predicted octanol–water partition coefficient (Wildman–Crippen LogP) is 3.07. The fourth-order valence-electron chi connectivity index (χ4n) is 4.25. The van der Waals surface area contributed by atoms with Crippen LogP contribution in [-0.4, -0.2) is 88.3 Å². The molecule has 5 heterocycles. The maximum Gasteiger partial charge on any atom is 0.120 e. The van der Waals surface area contributed by atoms with Gasteiger partial charge in [0.25, 0.3) is 0 Å². The average molecular weight is 443 g/mol. The lowest BCUT2D eigenvalue weighted by Gasteiger charge is -2.36. The summed E-state index contributed by atoms with van der Waals surface area (Å²) in [4.78, 5) is 21.5. The zero-order valence-corrected chi connectivity index (χ0v) is 19.5. The monoisotopic (exact) mass is 442 g/mol. The lowest BCUT2D eigenvalue weighted by molar-refractivity contribution is 0.229. The smallest absolute Gasteiger partial charge is 0.120 e. The zero-order chi connectivity index (χ0) is 22.8. The van der Waals surface area contributed by atoms with Crippen molar-refractivity contribution >= 4 is 16.7 Å². The normalized spacial score (nSPS) is 15.0. The van der Waals surface area contributed by atoms with Gasteiger partial charge < -0.3 is 9.80 Å². The van der Waals surface area contributed by atoms with Crippen LogP contribution in [0.4, 0.5) is 5.69 Å². The van der Waals surface area contributed by atoms with E-state index in [9.17, 15) is 0 Å². The van der Waals surface area contributed by atoms with Gasteiger partial charge in [-0.1, -0.05) is 6.07 Å². The number of likely N-dealkylation sites (N-methyl/N-ethyl adjacent to an activating group) is 1. The number of aromatic amines is 1. The molecule has 33 heavy (non-hydrogen) atoms. The molecule has 8 heteroatoms. The summed E-state index contributed by atoms with van der Waals surface area (Å²) in [5.41, 5.74) is 7.33. The first kappa shape index (κ1) is 21.5. The molecule has 0 bridgehead atoms. The van der Waals surface area contributed by atoms with Crippen LogP contribution in [0.1, 0.15) is 5.69 Å². The Bertz CT molecular complexity index is 1240. The quantitative estimate of drug-likeness (QED) is 0.492. The summed E-state index contributed by atoms with van der Waals surface area (Å²) in [5, 5.41) is 7.43. The Morgan fingerprint density at radius 1 is 0.970 bits per heavy atom. The molecule has 0 saturated carbocycles. The number of aromatic nitrogens is 5. The second-order valence-electron chi connectivity index (χ2n) is 8.87. The number of anilines is 1. The molecule has 0 unspecified atom stereocenters. The number of pyridine rings is 3. The van der Waals surface area contributed by atoms with Gasteiger partial charge in [-0.2, -0.15) is 5.10 Å². The average Bonchev–Trinajstić information content (AvgIpc) is 3.32. The van der Waals surface area contributed by atoms with Gasteiger partial charge in [0.15, 0.2) is 0 Å². The van der Waals surface area contributed by atoms with Gasteiger partial charge in [0.1, 0.15) is 5.69 Å². The minimum atomic E-state index is 0.809. The maximum atomic E-state index is 4.95. The van der Waals surface area contributed by atoms with Gasteiger partial charge in [0.05, 0.1) is 34.3 Å². The van der Waals surface area contributed by atoms with Crippen LogP contribution in [0.25, 0.3) is 33.7 Å². The molecule has 170 valence electrons. The summed E-state index contributed by atoms with van der Waals surface area (Å²) in [5.74, 6) is 0. The molecule has 0 atom stereocenters. The Morgan fingerprint density at radius 3 is 2.61 bits per heavy atom. The van der Waals surface area contributed by atoms with E-state index < -0.39 is 0 Å². The highest BCUT2D eigenvalue weighted by molar-refractivity contribution is 5.84. The molecule has 1 fully saturated rings. The van der Waals surface area contributed by atoms with Crippen molar-refractivity contribution in [3.63, 3.8) is 0 Å². The van der Waals surface area contributed by atoms with E-state index in [2.05, 4.69) is 55.0 Å². The van der Waals surface area contributed by atoms with Crippen LogP contribution in [0.5, 0.6) is 0 Å². The van der Waals surface area contributed by atoms with Crippen LogP contribution < -0.4 is 4.90 Å². The second-order valence-corrected chi connectivity index (χ2v) is 8.87. The zero-order valence-electron chi connectivity index (χ0n) is 19.5. The number of hydrogen-bond acceptors (Lipinski definition) is 7. The van der Waals surface area contributed by atoms with Gasteiger partial charge in [0, 0.05) is 56.7 Å². The lowest BCUT2D eigenvalue weighted by atomic mass is 10.1. The van der Waals surface area contributed by atoms with Gasteiger partial charge in [-0.15, -0.1) is 0 Å². The lowest BCUT2D eigenvalue weighted by Crippen LogP contribution is -2.48. The van der Waals surface area contributed by atoms with Crippen LogP contribution >= 0.6 is 0 Å². The van der Waals surface area contributed by atoms with Crippen molar-refractivity contribution in [1.29, 1.82) is 0 Å². The van der Waals surface area contributed by atoms with Crippen molar-refractivity contribution in [2.75, 3.05) is 58.3 Å². The number of rotatable bonds is 6. The number of piperazine rings is 1. The number of nitrogens with zero attached hydrogens (tertiary/aromatic N) is 7. The molecule has 1 saturated heterocycles. The van der Waals surface area contributed by atoms with E-state index in [1.807, 2.05) is 49.6 Å². The van der Waals surface area contributed by atoms with Crippen molar-refractivity contribution < 1.29 is 0 Å². The van der Waals surface area contributed by atoms with Gasteiger partial charge in [0.2, 0.25) is 0 Å². The first-order valence-electron chi connectivity index (χ1n) is 11.4. The molecule has 0 amide bonds. The van der Waals surface area contributed by atoms with Crippen molar-refractivity contribution in [2.24, 2.45) is 0 Å². The molecule has 0 aliphatic carbocycles. The number of fused-ring (bicyclic) bond motifs is 1. The first-order valence-corrected chi connectivity index (χ1v) is 11.4. The van der Waals surface area contributed by atoms with Gasteiger partial charge in [-0.05, 0) is 51.4 Å². The molecule has 4 aromatic heterocycles. The first-order chi connectivity index (χ1) is 16.1. The topological polar surface area (TPSA) is 77.1 Å². The number of aryl methyl sites for hydroxylation is 1. The van der Waals surface area contributed by atoms with E-state index in [4.69, 9.17) is 4.98 Å². The van der Waals surface area contributed by atoms with Gasteiger partial charge in [-0.3, -0.25) is 20.0 Å². The molecular weight excluding hydrogens is 412 g/mol. The summed E-state index contributed by atoms with van der Waals surface area (Å²) < 4.78 is 0. The predicted molar refractivity (Wildman–Crippen MR) is 132 cm³/mol. The highest BCUT2D eigenvalue weighted by Gasteiger charge is 2.18. The molecule has 5 rings (SSSR count). The fourth-order valence-corrected chi connectivity index (χ4v) is 4.25. The Kier molecular flexibility index (Phi) is 6.02. The van der Waals surface area contributed by atoms with Gasteiger partial charge in [-0.25, -0.2) is 4.98 Å². The van der Waals surface area contributed by atoms with Crippen LogP contribution in [0.3, 0.4) is 0 Å². The van der Waals surface area contributed by atoms with E-state index in [1.165, 1.54) is 0 Å². The number of nitrogens with one attached hydrogen (secondary N) is 1. The molecular formula is C25H30N8. The standard InChI is InChI=1S/C25H30N8/c1-18-5-4-6-23(28-18)25-20(17-27-30-25)21-7-8-22-24(29-21)15-19(16-26-22)33-13-11-32(12-14-33)10-9-31(2)3/h4-8,15-17H,9-14H2,1-3H3,(H,27,30). The van der Waals surface area contributed by atoms with E-state index in [-0.39, 0.29) is 0 Å². The van der Waals surface area contributed by atoms with Crippen molar-refractivity contribution in [3.05, 3.63) is 54.5 Å². The maximum absolute atomic E-state index is 4.95. The van der Waals surface area contributed by atoms with Gasteiger partial charge >= 0.3 is 0 Å². The minimum Gasteiger partial charge on any atom is -0.368 e. The van der Waals surface area contributed by atoms with Crippen molar-refractivity contribution in [3.8, 4) is 22.6 Å². The summed E-state index contributed by atoms with van der Waals surface area (Å²) in [6.45, 7) is 8.35. The third kappa shape index (κ3) is 4.72. The molecule has 0 aromatic carbocycles. The molecule has 1 aliphatic heterocycles. The molecule has 4 aromatic rings. The highest BCUT2D eigenvalue weighted by Crippen LogP contribution is 2.29. The molecule has 8 nitrogen and oxygen atoms in total. The van der Waals surface area contributed by atoms with Crippen LogP contribution in [-0.2, 0) is 0 Å². The van der Waals surface area contributed by atoms with Crippen LogP contribution in [0.15, 0.2) is 48.8 Å². The second kappa shape index (κ2) is 9.25. The summed E-state index contributed by atoms with van der Waals surface area (Å²) in [6.07, 6.45) is 3.86. The molecule has 0 spiro atoms. The van der Waals surface area contributed by atoms with Crippen LogP contribution in [0.2, 0.25) is 0 Å². The Labute approximate surface area is 194 Å². The third-order valence-electron chi connectivity index (χ3n) is 6.17. The summed E-state index contributed by atoms with van der Waals surface area (Å²) in [6, 6.07) is 12.2. The van der Waals surface area contributed by atoms with Crippen molar-refractivity contribution in [2.45, 2.75) is 6.92 Å². The van der Waals surface area contributed by atoms with E-state index in [0.29, 0.717) is 0 Å². The third-order valence-corrected chi connectivity index (χ3v) is 6.17. The Balaban J connectivity index is 1.38. The van der Waals surface area contributed by atoms with Crippen molar-refractivity contribution in [1.82, 2.24) is 34.9 Å². The van der Waals surface area contributed by atoms with E-state index >= 15 is 0 Å². The summed E-state index contributed by atoms with van der Waals surface area (Å²) >= 11 is 0. The summed E-state index contributed by atoms with van der Waals surface area (Å²) in [7, 11) is 4.25.